The van der Waals surface area contributed by atoms with Crippen molar-refractivity contribution in [1.29, 1.82) is 0 Å². The molecular formula is C22H29N5O2. The lowest BCUT2D eigenvalue weighted by atomic mass is 9.83. The molecule has 0 spiro atoms. The molecule has 2 heterocycles. The maximum absolute atomic E-state index is 12.7. The number of hydrogen-bond acceptors (Lipinski definition) is 3. The van der Waals surface area contributed by atoms with Crippen molar-refractivity contribution in [1.82, 2.24) is 24.9 Å². The summed E-state index contributed by atoms with van der Waals surface area (Å²) in [7, 11) is 3.55. The SMILES string of the molecule is CN(C)C(=O)N1CCCn2nc(CNC(=O)[C@@H]3CCc4ccccc4C3)cc2C1. The molecule has 1 N–H and O–H groups in total. The lowest BCUT2D eigenvalue weighted by Crippen LogP contribution is -2.38. The molecule has 1 aliphatic carbocycles. The highest BCUT2D eigenvalue weighted by Gasteiger charge is 2.25. The summed E-state index contributed by atoms with van der Waals surface area (Å²) in [5.74, 6) is 0.130. The van der Waals surface area contributed by atoms with Gasteiger partial charge in [-0.25, -0.2) is 4.79 Å². The number of benzene rings is 1. The minimum Gasteiger partial charge on any atom is -0.350 e. The summed E-state index contributed by atoms with van der Waals surface area (Å²) in [5.41, 5.74) is 4.53. The average molecular weight is 396 g/mol. The molecule has 4 rings (SSSR count). The standard InChI is InChI=1S/C22H29N5O2/c1-25(2)22(29)26-10-5-11-27-20(15-26)13-19(24-27)14-23-21(28)18-9-8-16-6-3-4-7-17(16)12-18/h3-4,6-7,13,18H,5,8-12,14-15H2,1-2H3,(H,23,28)/t18-/m1/s1. The van der Waals surface area contributed by atoms with Gasteiger partial charge in [-0.1, -0.05) is 24.3 Å². The molecule has 0 fully saturated rings. The van der Waals surface area contributed by atoms with Crippen molar-refractivity contribution in [2.75, 3.05) is 20.6 Å². The summed E-state index contributed by atoms with van der Waals surface area (Å²) in [5, 5.41) is 7.73. The molecular weight excluding hydrogens is 366 g/mol. The first kappa shape index (κ1) is 19.5. The van der Waals surface area contributed by atoms with E-state index >= 15 is 0 Å². The van der Waals surface area contributed by atoms with Crippen molar-refractivity contribution in [3.8, 4) is 0 Å². The largest absolute Gasteiger partial charge is 0.350 e. The highest BCUT2D eigenvalue weighted by atomic mass is 16.2. The lowest BCUT2D eigenvalue weighted by Gasteiger charge is -2.24. The Morgan fingerprint density at radius 1 is 1.21 bits per heavy atom. The highest BCUT2D eigenvalue weighted by molar-refractivity contribution is 5.79. The number of fused-ring (bicyclic) bond motifs is 2. The minimum absolute atomic E-state index is 0.0204. The van der Waals surface area contributed by atoms with Gasteiger partial charge in [0.1, 0.15) is 0 Å². The minimum atomic E-state index is 0.0204. The summed E-state index contributed by atoms with van der Waals surface area (Å²) in [6.45, 7) is 2.51. The third-order valence-electron chi connectivity index (χ3n) is 5.88. The molecule has 29 heavy (non-hydrogen) atoms. The second-order valence-electron chi connectivity index (χ2n) is 8.23. The number of rotatable bonds is 3. The van der Waals surface area contributed by atoms with Crippen molar-refractivity contribution in [2.24, 2.45) is 5.92 Å². The fraction of sp³-hybridized carbons (Fsp3) is 0.500. The zero-order valence-electron chi connectivity index (χ0n) is 17.2. The number of amides is 3. The number of urea groups is 1. The Balaban J connectivity index is 1.36. The Kier molecular flexibility index (Phi) is 5.56. The number of nitrogens with one attached hydrogen (secondary N) is 1. The van der Waals surface area contributed by atoms with Crippen molar-refractivity contribution < 1.29 is 9.59 Å². The van der Waals surface area contributed by atoms with E-state index in [1.807, 2.05) is 21.7 Å². The molecule has 0 radical (unpaired) electrons. The zero-order chi connectivity index (χ0) is 20.4. The van der Waals surface area contributed by atoms with Crippen LogP contribution >= 0.6 is 0 Å². The van der Waals surface area contributed by atoms with Crippen molar-refractivity contribution in [3.63, 3.8) is 0 Å². The van der Waals surface area contributed by atoms with Crippen LogP contribution in [0.2, 0.25) is 0 Å². The van der Waals surface area contributed by atoms with Crippen LogP contribution < -0.4 is 5.32 Å². The van der Waals surface area contributed by atoms with Crippen LogP contribution in [-0.4, -0.2) is 52.2 Å². The molecule has 1 aromatic heterocycles. The Hall–Kier alpha value is -2.83. The molecule has 1 atom stereocenters. The number of aromatic nitrogens is 2. The summed E-state index contributed by atoms with van der Waals surface area (Å²) in [6, 6.07) is 10.4. The molecule has 154 valence electrons. The highest BCUT2D eigenvalue weighted by Crippen LogP contribution is 2.25. The predicted octanol–water partition coefficient (Wildman–Crippen LogP) is 2.19. The van der Waals surface area contributed by atoms with Crippen LogP contribution in [0.15, 0.2) is 30.3 Å². The number of carbonyl (C=O) groups excluding carboxylic acids is 2. The maximum atomic E-state index is 12.7. The first-order valence-electron chi connectivity index (χ1n) is 10.4. The lowest BCUT2D eigenvalue weighted by molar-refractivity contribution is -0.125. The molecule has 0 saturated heterocycles. The second kappa shape index (κ2) is 8.27. The monoisotopic (exact) mass is 395 g/mol. The van der Waals surface area contributed by atoms with Crippen molar-refractivity contribution in [2.45, 2.75) is 45.3 Å². The Bertz CT molecular complexity index is 904. The van der Waals surface area contributed by atoms with E-state index in [0.717, 1.165) is 50.2 Å². The van der Waals surface area contributed by atoms with Crippen LogP contribution in [-0.2, 0) is 37.3 Å². The van der Waals surface area contributed by atoms with E-state index in [9.17, 15) is 9.59 Å². The first-order chi connectivity index (χ1) is 14.0. The summed E-state index contributed by atoms with van der Waals surface area (Å²) < 4.78 is 1.97. The number of nitrogens with zero attached hydrogens (tertiary/aromatic N) is 4. The molecule has 7 heteroatoms. The van der Waals surface area contributed by atoms with Crippen LogP contribution in [0.4, 0.5) is 4.79 Å². The van der Waals surface area contributed by atoms with Crippen LogP contribution in [0.1, 0.15) is 35.4 Å². The van der Waals surface area contributed by atoms with Crippen LogP contribution in [0.25, 0.3) is 0 Å². The fourth-order valence-electron chi connectivity index (χ4n) is 4.30. The van der Waals surface area contributed by atoms with Gasteiger partial charge in [-0.2, -0.15) is 5.10 Å². The summed E-state index contributed by atoms with van der Waals surface area (Å²) in [6.07, 6.45) is 3.54. The van der Waals surface area contributed by atoms with Gasteiger partial charge in [0.15, 0.2) is 0 Å². The summed E-state index contributed by atoms with van der Waals surface area (Å²) in [4.78, 5) is 28.5. The van der Waals surface area contributed by atoms with Gasteiger partial charge in [-0.05, 0) is 42.9 Å². The Morgan fingerprint density at radius 3 is 2.79 bits per heavy atom. The average Bonchev–Trinajstić information content (AvgIpc) is 3.01. The van der Waals surface area contributed by atoms with Crippen molar-refractivity contribution >= 4 is 11.9 Å². The van der Waals surface area contributed by atoms with Gasteiger partial charge in [-0.15, -0.1) is 0 Å². The molecule has 0 bridgehead atoms. The topological polar surface area (TPSA) is 70.5 Å². The Morgan fingerprint density at radius 2 is 2.00 bits per heavy atom. The van der Waals surface area contributed by atoms with Gasteiger partial charge in [-0.3, -0.25) is 9.48 Å². The summed E-state index contributed by atoms with van der Waals surface area (Å²) >= 11 is 0. The normalized spacial score (nSPS) is 18.4. The van der Waals surface area contributed by atoms with E-state index in [2.05, 4.69) is 28.6 Å². The van der Waals surface area contributed by atoms with E-state index < -0.39 is 0 Å². The number of aryl methyl sites for hydroxylation is 2. The smallest absolute Gasteiger partial charge is 0.319 e. The first-order valence-corrected chi connectivity index (χ1v) is 10.4. The van der Waals surface area contributed by atoms with Gasteiger partial charge >= 0.3 is 6.03 Å². The van der Waals surface area contributed by atoms with Crippen LogP contribution in [0.3, 0.4) is 0 Å². The third-order valence-corrected chi connectivity index (χ3v) is 5.88. The van der Waals surface area contributed by atoms with E-state index in [1.54, 1.807) is 19.0 Å². The van der Waals surface area contributed by atoms with Crippen LogP contribution in [0.5, 0.6) is 0 Å². The van der Waals surface area contributed by atoms with E-state index in [1.165, 1.54) is 11.1 Å². The molecule has 3 amide bonds. The molecule has 0 unspecified atom stereocenters. The van der Waals surface area contributed by atoms with E-state index in [-0.39, 0.29) is 17.9 Å². The van der Waals surface area contributed by atoms with Gasteiger partial charge in [0, 0.05) is 33.1 Å². The predicted molar refractivity (Wildman–Crippen MR) is 110 cm³/mol. The van der Waals surface area contributed by atoms with Gasteiger partial charge < -0.3 is 15.1 Å². The van der Waals surface area contributed by atoms with E-state index in [0.29, 0.717) is 13.1 Å². The second-order valence-corrected chi connectivity index (χ2v) is 8.23. The van der Waals surface area contributed by atoms with Crippen LogP contribution in [0, 0.1) is 5.92 Å². The maximum Gasteiger partial charge on any atom is 0.319 e. The van der Waals surface area contributed by atoms with E-state index in [4.69, 9.17) is 0 Å². The molecule has 2 aromatic rings. The molecule has 2 aliphatic rings. The quantitative estimate of drug-likeness (QED) is 0.866. The van der Waals surface area contributed by atoms with Crippen molar-refractivity contribution in [3.05, 3.63) is 52.8 Å². The van der Waals surface area contributed by atoms with Gasteiger partial charge in [0.05, 0.1) is 24.5 Å². The fourth-order valence-corrected chi connectivity index (χ4v) is 4.30. The Labute approximate surface area is 171 Å². The molecule has 7 nitrogen and oxygen atoms in total. The third kappa shape index (κ3) is 4.28. The van der Waals surface area contributed by atoms with Gasteiger partial charge in [0.2, 0.25) is 5.91 Å². The number of hydrogen-bond donors (Lipinski definition) is 1. The molecule has 1 aliphatic heterocycles. The molecule has 0 saturated carbocycles. The number of carbonyl (C=O) groups is 2. The zero-order valence-corrected chi connectivity index (χ0v) is 17.2. The van der Waals surface area contributed by atoms with Gasteiger partial charge in [0.25, 0.3) is 0 Å². The molecule has 1 aromatic carbocycles.